The van der Waals surface area contributed by atoms with Gasteiger partial charge in [0.2, 0.25) is 5.88 Å². The fourth-order valence-electron chi connectivity index (χ4n) is 2.79. The van der Waals surface area contributed by atoms with Gasteiger partial charge in [0.15, 0.2) is 0 Å². The molecule has 0 aliphatic carbocycles. The zero-order chi connectivity index (χ0) is 21.0. The number of nitrogens with zero attached hydrogens (tertiary/aromatic N) is 2. The quantitative estimate of drug-likeness (QED) is 0.700. The van der Waals surface area contributed by atoms with E-state index in [-0.39, 0.29) is 45.3 Å². The van der Waals surface area contributed by atoms with Crippen LogP contribution in [0.25, 0.3) is 0 Å². The number of carbonyl (C=O) groups excluding carboxylic acids is 1. The number of sulfonamides is 1. The van der Waals surface area contributed by atoms with Crippen molar-refractivity contribution in [2.75, 3.05) is 45.2 Å². The van der Waals surface area contributed by atoms with E-state index in [9.17, 15) is 13.2 Å². The number of hydrogen-bond donors (Lipinski definition) is 1. The van der Waals surface area contributed by atoms with Gasteiger partial charge in [-0.05, 0) is 24.3 Å². The zero-order valence-electron chi connectivity index (χ0n) is 15.8. The number of hydrogen-bond acceptors (Lipinski definition) is 7. The predicted molar refractivity (Wildman–Crippen MR) is 106 cm³/mol. The molecule has 0 radical (unpaired) electrons. The van der Waals surface area contributed by atoms with Gasteiger partial charge in [-0.3, -0.25) is 9.52 Å². The maximum Gasteiger partial charge on any atom is 0.265 e. The Morgan fingerprint density at radius 3 is 2.83 bits per heavy atom. The molecule has 0 atom stereocenters. The Hall–Kier alpha value is -2.56. The van der Waals surface area contributed by atoms with E-state index in [0.29, 0.717) is 19.7 Å². The maximum atomic E-state index is 12.8. The van der Waals surface area contributed by atoms with Crippen molar-refractivity contribution < 1.29 is 27.4 Å². The molecule has 156 valence electrons. The highest BCUT2D eigenvalue weighted by Gasteiger charge is 2.26. The highest BCUT2D eigenvalue weighted by atomic mass is 35.5. The SMILES string of the molecule is COCCN1CCOc2ncc(NS(=O)(=O)c3cc(Cl)ccc3OC)cc2C1=O. The third-order valence-electron chi connectivity index (χ3n) is 4.20. The van der Waals surface area contributed by atoms with Crippen LogP contribution in [0.2, 0.25) is 5.02 Å². The lowest BCUT2D eigenvalue weighted by Gasteiger charge is -2.19. The van der Waals surface area contributed by atoms with Crippen molar-refractivity contribution in [2.45, 2.75) is 4.90 Å². The van der Waals surface area contributed by atoms with Gasteiger partial charge in [-0.25, -0.2) is 13.4 Å². The molecule has 1 N–H and O–H groups in total. The lowest BCUT2D eigenvalue weighted by Crippen LogP contribution is -2.35. The average Bonchev–Trinajstić information content (AvgIpc) is 2.85. The number of fused-ring (bicyclic) bond motifs is 1. The molecule has 3 rings (SSSR count). The molecule has 0 fully saturated rings. The van der Waals surface area contributed by atoms with Crippen molar-refractivity contribution in [3.63, 3.8) is 0 Å². The van der Waals surface area contributed by atoms with Gasteiger partial charge in [0.05, 0.1) is 32.1 Å². The van der Waals surface area contributed by atoms with Crippen molar-refractivity contribution >= 4 is 33.2 Å². The van der Waals surface area contributed by atoms with Gasteiger partial charge in [-0.1, -0.05) is 11.6 Å². The monoisotopic (exact) mass is 441 g/mol. The van der Waals surface area contributed by atoms with Gasteiger partial charge in [-0.15, -0.1) is 0 Å². The van der Waals surface area contributed by atoms with Crippen LogP contribution in [-0.4, -0.2) is 64.7 Å². The summed E-state index contributed by atoms with van der Waals surface area (Å²) in [5.41, 5.74) is 0.271. The van der Waals surface area contributed by atoms with Crippen molar-refractivity contribution in [3.05, 3.63) is 41.0 Å². The van der Waals surface area contributed by atoms with E-state index in [0.717, 1.165) is 0 Å². The largest absolute Gasteiger partial charge is 0.495 e. The molecule has 9 nitrogen and oxygen atoms in total. The van der Waals surface area contributed by atoms with E-state index in [4.69, 9.17) is 25.8 Å². The summed E-state index contributed by atoms with van der Waals surface area (Å²) in [5.74, 6) is -0.0311. The summed E-state index contributed by atoms with van der Waals surface area (Å²) in [4.78, 5) is 18.3. The molecule has 1 amide bonds. The second-order valence-electron chi connectivity index (χ2n) is 6.11. The fourth-order valence-corrected chi connectivity index (χ4v) is 4.25. The Morgan fingerprint density at radius 2 is 2.10 bits per heavy atom. The van der Waals surface area contributed by atoms with E-state index in [1.54, 1.807) is 12.0 Å². The number of ether oxygens (including phenoxy) is 3. The molecule has 0 bridgehead atoms. The van der Waals surface area contributed by atoms with Crippen molar-refractivity contribution in [3.8, 4) is 11.6 Å². The third-order valence-corrected chi connectivity index (χ3v) is 5.84. The number of anilines is 1. The highest BCUT2D eigenvalue weighted by molar-refractivity contribution is 7.92. The van der Waals surface area contributed by atoms with Crippen LogP contribution in [0, 0.1) is 0 Å². The number of rotatable bonds is 7. The van der Waals surface area contributed by atoms with Gasteiger partial charge >= 0.3 is 0 Å². The summed E-state index contributed by atoms with van der Waals surface area (Å²) in [7, 11) is -1.14. The smallest absolute Gasteiger partial charge is 0.265 e. The summed E-state index contributed by atoms with van der Waals surface area (Å²) < 4.78 is 43.7. The van der Waals surface area contributed by atoms with Gasteiger partial charge < -0.3 is 19.1 Å². The summed E-state index contributed by atoms with van der Waals surface area (Å²) in [6, 6.07) is 5.65. The second kappa shape index (κ2) is 8.85. The molecule has 0 saturated heterocycles. The van der Waals surface area contributed by atoms with E-state index in [2.05, 4.69) is 9.71 Å². The third kappa shape index (κ3) is 4.72. The Balaban J connectivity index is 1.92. The Morgan fingerprint density at radius 1 is 1.31 bits per heavy atom. The number of carbonyl (C=O) groups is 1. The van der Waals surface area contributed by atoms with Crippen LogP contribution in [0.5, 0.6) is 11.6 Å². The Kier molecular flexibility index (Phi) is 6.46. The summed E-state index contributed by atoms with van der Waals surface area (Å²) >= 11 is 5.94. The van der Waals surface area contributed by atoms with Crippen molar-refractivity contribution in [2.24, 2.45) is 0 Å². The number of amides is 1. The minimum Gasteiger partial charge on any atom is -0.495 e. The Bertz CT molecular complexity index is 1010. The predicted octanol–water partition coefficient (Wildman–Crippen LogP) is 2.03. The number of benzene rings is 1. The van der Waals surface area contributed by atoms with Crippen LogP contribution in [-0.2, 0) is 14.8 Å². The minimum absolute atomic E-state index is 0.108. The van der Waals surface area contributed by atoms with Crippen molar-refractivity contribution in [1.29, 1.82) is 0 Å². The van der Waals surface area contributed by atoms with Crippen LogP contribution in [0.1, 0.15) is 10.4 Å². The van der Waals surface area contributed by atoms with Crippen LogP contribution in [0.4, 0.5) is 5.69 Å². The highest BCUT2D eigenvalue weighted by Crippen LogP contribution is 2.30. The molecule has 11 heteroatoms. The molecule has 0 saturated carbocycles. The topological polar surface area (TPSA) is 107 Å². The summed E-state index contributed by atoms with van der Waals surface area (Å²) in [6.07, 6.45) is 1.28. The number of nitrogens with one attached hydrogen (secondary N) is 1. The minimum atomic E-state index is -4.04. The maximum absolute atomic E-state index is 12.8. The zero-order valence-corrected chi connectivity index (χ0v) is 17.4. The molecule has 0 unspecified atom stereocenters. The first-order valence-electron chi connectivity index (χ1n) is 8.63. The number of halogens is 1. The van der Waals surface area contributed by atoms with E-state index in [1.807, 2.05) is 0 Å². The van der Waals surface area contributed by atoms with E-state index < -0.39 is 10.0 Å². The first-order valence-corrected chi connectivity index (χ1v) is 10.5. The summed E-state index contributed by atoms with van der Waals surface area (Å²) in [6.45, 7) is 1.41. The lowest BCUT2D eigenvalue weighted by molar-refractivity contribution is 0.0693. The molecule has 1 aromatic carbocycles. The first kappa shape index (κ1) is 21.2. The molecule has 0 spiro atoms. The molecule has 1 aliphatic heterocycles. The number of pyridine rings is 1. The number of aromatic nitrogens is 1. The normalized spacial score (nSPS) is 14.0. The van der Waals surface area contributed by atoms with E-state index in [1.165, 1.54) is 37.6 Å². The van der Waals surface area contributed by atoms with Crippen LogP contribution < -0.4 is 14.2 Å². The summed E-state index contributed by atoms with van der Waals surface area (Å²) in [5, 5.41) is 0.239. The van der Waals surface area contributed by atoms with Gasteiger partial charge in [0, 0.05) is 18.7 Å². The van der Waals surface area contributed by atoms with Crippen LogP contribution in [0.3, 0.4) is 0 Å². The van der Waals surface area contributed by atoms with Crippen LogP contribution in [0.15, 0.2) is 35.4 Å². The molecule has 1 aromatic heterocycles. The average molecular weight is 442 g/mol. The molecule has 2 heterocycles. The molecule has 2 aromatic rings. The van der Waals surface area contributed by atoms with Gasteiger partial charge in [0.1, 0.15) is 22.8 Å². The fraction of sp³-hybridized carbons (Fsp3) is 0.333. The van der Waals surface area contributed by atoms with Gasteiger partial charge in [-0.2, -0.15) is 0 Å². The molecular formula is C18H20ClN3O6S. The second-order valence-corrected chi connectivity index (χ2v) is 8.20. The standard InChI is InChI=1S/C18H20ClN3O6S/c1-26-7-5-22-6-8-28-17-14(18(22)23)10-13(11-20-17)21-29(24,25)16-9-12(19)3-4-15(16)27-2/h3-4,9-11,21H,5-8H2,1-2H3. The lowest BCUT2D eigenvalue weighted by atomic mass is 10.2. The van der Waals surface area contributed by atoms with E-state index >= 15 is 0 Å². The number of methoxy groups -OCH3 is 2. The molecule has 1 aliphatic rings. The molecular weight excluding hydrogens is 422 g/mol. The van der Waals surface area contributed by atoms with Gasteiger partial charge in [0.25, 0.3) is 15.9 Å². The van der Waals surface area contributed by atoms with Crippen molar-refractivity contribution in [1.82, 2.24) is 9.88 Å². The van der Waals surface area contributed by atoms with Crippen LogP contribution >= 0.6 is 11.6 Å². The first-order chi connectivity index (χ1) is 13.9. The molecule has 29 heavy (non-hydrogen) atoms. The Labute approximate surface area is 173 Å².